The minimum Gasteiger partial charge on any atom is -0.453 e. The van der Waals surface area contributed by atoms with E-state index in [9.17, 15) is 4.39 Å². The summed E-state index contributed by atoms with van der Waals surface area (Å²) < 4.78 is 20.7. The van der Waals surface area contributed by atoms with E-state index in [4.69, 9.17) is 10.5 Å². The van der Waals surface area contributed by atoms with E-state index >= 15 is 0 Å². The van der Waals surface area contributed by atoms with Gasteiger partial charge < -0.3 is 10.5 Å². The summed E-state index contributed by atoms with van der Waals surface area (Å²) in [7, 11) is 0. The Morgan fingerprint density at radius 1 is 1.11 bits per heavy atom. The Morgan fingerprint density at radius 2 is 1.84 bits per heavy atom. The van der Waals surface area contributed by atoms with Crippen molar-refractivity contribution in [1.29, 1.82) is 0 Å². The standard InChI is InChI=1S/C14H12Br2FNO/c1-8(18)9-2-5-13(11(16)6-9)19-14-7-10(15)3-4-12(14)17/h2-8H,18H2,1H3/t8-/m0/s1. The highest BCUT2D eigenvalue weighted by Gasteiger charge is 2.10. The molecule has 0 spiro atoms. The zero-order valence-corrected chi connectivity index (χ0v) is 13.3. The summed E-state index contributed by atoms with van der Waals surface area (Å²) in [4.78, 5) is 0. The van der Waals surface area contributed by atoms with E-state index in [1.807, 2.05) is 19.1 Å². The highest BCUT2D eigenvalue weighted by atomic mass is 79.9. The molecule has 2 rings (SSSR count). The molecule has 2 N–H and O–H groups in total. The van der Waals surface area contributed by atoms with Crippen LogP contribution in [0.1, 0.15) is 18.5 Å². The van der Waals surface area contributed by atoms with Crippen LogP contribution in [0.15, 0.2) is 45.3 Å². The number of benzene rings is 2. The van der Waals surface area contributed by atoms with Crippen molar-refractivity contribution in [3.8, 4) is 11.5 Å². The first kappa shape index (κ1) is 14.5. The fraction of sp³-hybridized carbons (Fsp3) is 0.143. The van der Waals surface area contributed by atoms with Crippen molar-refractivity contribution in [3.63, 3.8) is 0 Å². The second kappa shape index (κ2) is 6.03. The Hall–Kier alpha value is -0.910. The maximum absolute atomic E-state index is 13.6. The van der Waals surface area contributed by atoms with Crippen LogP contribution in [0.4, 0.5) is 4.39 Å². The van der Waals surface area contributed by atoms with Crippen LogP contribution in [0.2, 0.25) is 0 Å². The first-order chi connectivity index (χ1) is 8.97. The summed E-state index contributed by atoms with van der Waals surface area (Å²) in [5.74, 6) is 0.302. The lowest BCUT2D eigenvalue weighted by atomic mass is 10.1. The van der Waals surface area contributed by atoms with Crippen molar-refractivity contribution >= 4 is 31.9 Å². The average Bonchev–Trinajstić information content (AvgIpc) is 2.36. The van der Waals surface area contributed by atoms with Crippen molar-refractivity contribution in [1.82, 2.24) is 0 Å². The Labute approximate surface area is 128 Å². The summed E-state index contributed by atoms with van der Waals surface area (Å²) in [6, 6.07) is 9.99. The van der Waals surface area contributed by atoms with E-state index in [0.717, 1.165) is 14.5 Å². The van der Waals surface area contributed by atoms with Gasteiger partial charge in [0, 0.05) is 10.5 Å². The van der Waals surface area contributed by atoms with Crippen molar-refractivity contribution in [2.75, 3.05) is 0 Å². The summed E-state index contributed by atoms with van der Waals surface area (Å²) in [5.41, 5.74) is 6.78. The topological polar surface area (TPSA) is 35.2 Å². The van der Waals surface area contributed by atoms with Crippen molar-refractivity contribution in [3.05, 3.63) is 56.7 Å². The Kier molecular flexibility index (Phi) is 4.60. The Balaban J connectivity index is 2.31. The second-order valence-corrected chi connectivity index (χ2v) is 5.93. The Morgan fingerprint density at radius 3 is 2.47 bits per heavy atom. The van der Waals surface area contributed by atoms with Gasteiger partial charge in [-0.15, -0.1) is 0 Å². The van der Waals surface area contributed by atoms with E-state index < -0.39 is 5.82 Å². The number of rotatable bonds is 3. The van der Waals surface area contributed by atoms with Crippen molar-refractivity contribution < 1.29 is 9.13 Å². The molecule has 19 heavy (non-hydrogen) atoms. The first-order valence-corrected chi connectivity index (χ1v) is 7.24. The minimum atomic E-state index is -0.411. The molecule has 5 heteroatoms. The van der Waals surface area contributed by atoms with E-state index in [0.29, 0.717) is 5.75 Å². The predicted molar refractivity (Wildman–Crippen MR) is 80.9 cm³/mol. The van der Waals surface area contributed by atoms with Crippen LogP contribution >= 0.6 is 31.9 Å². The molecule has 100 valence electrons. The molecule has 0 saturated heterocycles. The van der Waals surface area contributed by atoms with Gasteiger partial charge in [0.15, 0.2) is 11.6 Å². The van der Waals surface area contributed by atoms with Gasteiger partial charge in [-0.25, -0.2) is 4.39 Å². The third-order valence-corrected chi connectivity index (χ3v) is 3.71. The molecule has 0 aliphatic carbocycles. The molecule has 2 aromatic carbocycles. The number of nitrogens with two attached hydrogens (primary N) is 1. The summed E-state index contributed by atoms with van der Waals surface area (Å²) in [5, 5.41) is 0. The fourth-order valence-electron chi connectivity index (χ4n) is 1.56. The van der Waals surface area contributed by atoms with Gasteiger partial charge >= 0.3 is 0 Å². The normalized spacial score (nSPS) is 12.3. The molecule has 0 aliphatic rings. The van der Waals surface area contributed by atoms with Crippen LogP contribution in [0, 0.1) is 5.82 Å². The Bertz CT molecular complexity index is 602. The molecule has 0 amide bonds. The fourth-order valence-corrected chi connectivity index (χ4v) is 2.37. The highest BCUT2D eigenvalue weighted by molar-refractivity contribution is 9.10. The number of hydrogen-bond donors (Lipinski definition) is 1. The SMILES string of the molecule is C[C@H](N)c1ccc(Oc2cc(Br)ccc2F)c(Br)c1. The second-order valence-electron chi connectivity index (χ2n) is 4.16. The molecule has 0 aromatic heterocycles. The van der Waals surface area contributed by atoms with E-state index in [2.05, 4.69) is 31.9 Å². The summed E-state index contributed by atoms with van der Waals surface area (Å²) in [6.07, 6.45) is 0. The van der Waals surface area contributed by atoms with Crippen LogP contribution in [-0.4, -0.2) is 0 Å². The molecule has 1 atom stereocenters. The summed E-state index contributed by atoms with van der Waals surface area (Å²) >= 11 is 6.69. The first-order valence-electron chi connectivity index (χ1n) is 5.65. The number of halogens is 3. The van der Waals surface area contributed by atoms with Gasteiger partial charge in [-0.1, -0.05) is 22.0 Å². The van der Waals surface area contributed by atoms with Gasteiger partial charge in [0.05, 0.1) is 4.47 Å². The zero-order valence-electron chi connectivity index (χ0n) is 10.2. The minimum absolute atomic E-state index is 0.0621. The molecule has 2 nitrogen and oxygen atoms in total. The van der Waals surface area contributed by atoms with Crippen LogP contribution in [0.3, 0.4) is 0 Å². The van der Waals surface area contributed by atoms with Crippen LogP contribution in [-0.2, 0) is 0 Å². The van der Waals surface area contributed by atoms with Crippen LogP contribution in [0.25, 0.3) is 0 Å². The molecular weight excluding hydrogens is 377 g/mol. The van der Waals surface area contributed by atoms with E-state index in [-0.39, 0.29) is 11.8 Å². The largest absolute Gasteiger partial charge is 0.453 e. The number of hydrogen-bond acceptors (Lipinski definition) is 2. The van der Waals surface area contributed by atoms with Crippen molar-refractivity contribution in [2.24, 2.45) is 5.73 Å². The summed E-state index contributed by atoms with van der Waals surface area (Å²) in [6.45, 7) is 1.90. The predicted octanol–water partition coefficient (Wildman–Crippen LogP) is 5.16. The number of ether oxygens (including phenoxy) is 1. The maximum atomic E-state index is 13.6. The van der Waals surface area contributed by atoms with Crippen LogP contribution in [0.5, 0.6) is 11.5 Å². The van der Waals surface area contributed by atoms with Gasteiger partial charge in [0.1, 0.15) is 5.75 Å². The molecular formula is C14H12Br2FNO. The van der Waals surface area contributed by atoms with E-state index in [1.165, 1.54) is 6.07 Å². The molecule has 0 saturated carbocycles. The lowest BCUT2D eigenvalue weighted by Crippen LogP contribution is -2.04. The third-order valence-electron chi connectivity index (χ3n) is 2.59. The molecule has 0 unspecified atom stereocenters. The van der Waals surface area contributed by atoms with Gasteiger partial charge in [-0.3, -0.25) is 0 Å². The van der Waals surface area contributed by atoms with Crippen LogP contribution < -0.4 is 10.5 Å². The van der Waals surface area contributed by atoms with Gasteiger partial charge in [-0.05, 0) is 58.7 Å². The average molecular weight is 389 g/mol. The molecule has 2 aromatic rings. The highest BCUT2D eigenvalue weighted by Crippen LogP contribution is 2.33. The molecule has 0 heterocycles. The van der Waals surface area contributed by atoms with Gasteiger partial charge in [0.2, 0.25) is 0 Å². The lowest BCUT2D eigenvalue weighted by Gasteiger charge is -2.12. The molecule has 0 radical (unpaired) electrons. The maximum Gasteiger partial charge on any atom is 0.165 e. The lowest BCUT2D eigenvalue weighted by molar-refractivity contribution is 0.439. The van der Waals surface area contributed by atoms with Gasteiger partial charge in [0.25, 0.3) is 0 Å². The van der Waals surface area contributed by atoms with Gasteiger partial charge in [-0.2, -0.15) is 0 Å². The smallest absolute Gasteiger partial charge is 0.165 e. The molecule has 0 aliphatic heterocycles. The van der Waals surface area contributed by atoms with Crippen molar-refractivity contribution in [2.45, 2.75) is 13.0 Å². The third kappa shape index (κ3) is 3.55. The zero-order chi connectivity index (χ0) is 14.0. The van der Waals surface area contributed by atoms with E-state index in [1.54, 1.807) is 18.2 Å². The molecule has 0 fully saturated rings. The molecule has 0 bridgehead atoms. The quantitative estimate of drug-likeness (QED) is 0.787. The monoisotopic (exact) mass is 387 g/mol.